The number of aryl methyl sites for hydroxylation is 1. The van der Waals surface area contributed by atoms with Crippen LogP contribution in [0.25, 0.3) is 11.0 Å². The van der Waals surface area contributed by atoms with E-state index in [1.807, 2.05) is 18.5 Å². The molecule has 0 amide bonds. The molecule has 1 unspecified atom stereocenters. The molecule has 4 aromatic rings. The number of rotatable bonds is 4. The molecule has 2 N–H and O–H groups in total. The zero-order valence-corrected chi connectivity index (χ0v) is 13.7. The van der Waals surface area contributed by atoms with E-state index in [-0.39, 0.29) is 5.92 Å². The zero-order chi connectivity index (χ0) is 16.5. The molecule has 1 aromatic carbocycles. The first-order valence-electron chi connectivity index (χ1n) is 8.05. The smallest absolute Gasteiger partial charge is 0.140 e. The number of aromatic nitrogens is 5. The van der Waals surface area contributed by atoms with Gasteiger partial charge in [-0.05, 0) is 36.6 Å². The molecule has 1 atom stereocenters. The summed E-state index contributed by atoms with van der Waals surface area (Å²) < 4.78 is 0. The van der Waals surface area contributed by atoms with Gasteiger partial charge in [0.2, 0.25) is 0 Å². The average molecular weight is 317 g/mol. The lowest BCUT2D eigenvalue weighted by Gasteiger charge is -2.19. The van der Waals surface area contributed by atoms with Crippen molar-refractivity contribution >= 4 is 11.0 Å². The molecule has 4 rings (SSSR count). The number of fused-ring (bicyclic) bond motifs is 1. The Kier molecular flexibility index (Phi) is 3.61. The first kappa shape index (κ1) is 14.6. The van der Waals surface area contributed by atoms with Crippen molar-refractivity contribution in [1.29, 1.82) is 0 Å². The van der Waals surface area contributed by atoms with Crippen LogP contribution in [-0.2, 0) is 6.42 Å². The molecule has 24 heavy (non-hydrogen) atoms. The molecule has 0 aliphatic carbocycles. The Labute approximate surface area is 140 Å². The van der Waals surface area contributed by atoms with Gasteiger partial charge in [0.15, 0.2) is 0 Å². The van der Waals surface area contributed by atoms with Gasteiger partial charge in [0, 0.05) is 35.8 Å². The molecule has 3 aromatic heterocycles. The van der Waals surface area contributed by atoms with E-state index < -0.39 is 0 Å². The minimum atomic E-state index is 0.181. The largest absolute Gasteiger partial charge is 0.348 e. The highest BCUT2D eigenvalue weighted by Crippen LogP contribution is 2.31. The van der Waals surface area contributed by atoms with E-state index in [1.165, 1.54) is 16.7 Å². The average Bonchev–Trinajstić information content (AvgIpc) is 3.27. The molecule has 0 aliphatic heterocycles. The summed E-state index contributed by atoms with van der Waals surface area (Å²) in [6, 6.07) is 8.51. The Hall–Kier alpha value is -2.95. The Morgan fingerprint density at radius 3 is 2.83 bits per heavy atom. The molecule has 0 saturated carbocycles. The summed E-state index contributed by atoms with van der Waals surface area (Å²) >= 11 is 0. The zero-order valence-electron chi connectivity index (χ0n) is 13.7. The van der Waals surface area contributed by atoms with Crippen LogP contribution in [0.1, 0.15) is 34.0 Å². The third-order valence-corrected chi connectivity index (χ3v) is 4.75. The summed E-state index contributed by atoms with van der Waals surface area (Å²) in [4.78, 5) is 19.5. The topological polar surface area (TPSA) is 70.2 Å². The second kappa shape index (κ2) is 5.92. The maximum Gasteiger partial charge on any atom is 0.140 e. The van der Waals surface area contributed by atoms with Gasteiger partial charge in [-0.25, -0.2) is 15.0 Å². The molecule has 3 heterocycles. The molecule has 0 aliphatic rings. The molecule has 0 saturated heterocycles. The van der Waals surface area contributed by atoms with E-state index >= 15 is 0 Å². The highest BCUT2D eigenvalue weighted by molar-refractivity contribution is 5.77. The van der Waals surface area contributed by atoms with Crippen LogP contribution in [0.5, 0.6) is 0 Å². The monoisotopic (exact) mass is 317 g/mol. The van der Waals surface area contributed by atoms with Crippen molar-refractivity contribution in [2.75, 3.05) is 0 Å². The number of nitrogens with one attached hydrogen (secondary N) is 2. The van der Waals surface area contributed by atoms with E-state index in [2.05, 4.69) is 57.0 Å². The fraction of sp³-hybridized carbons (Fsp3) is 0.211. The highest BCUT2D eigenvalue weighted by Gasteiger charge is 2.21. The van der Waals surface area contributed by atoms with Gasteiger partial charge in [-0.1, -0.05) is 18.2 Å². The van der Waals surface area contributed by atoms with Crippen molar-refractivity contribution in [3.63, 3.8) is 0 Å². The Morgan fingerprint density at radius 1 is 1.08 bits per heavy atom. The number of imidazole rings is 1. The maximum absolute atomic E-state index is 4.54. The van der Waals surface area contributed by atoms with Crippen LogP contribution in [0.3, 0.4) is 0 Å². The van der Waals surface area contributed by atoms with Crippen LogP contribution in [0.4, 0.5) is 0 Å². The Morgan fingerprint density at radius 2 is 2.00 bits per heavy atom. The van der Waals surface area contributed by atoms with Gasteiger partial charge in [-0.3, -0.25) is 0 Å². The Balaban J connectivity index is 1.82. The van der Waals surface area contributed by atoms with Crippen molar-refractivity contribution in [2.24, 2.45) is 0 Å². The molecule has 0 fully saturated rings. The second-order valence-corrected chi connectivity index (χ2v) is 6.11. The van der Waals surface area contributed by atoms with Gasteiger partial charge in [0.1, 0.15) is 12.0 Å². The summed E-state index contributed by atoms with van der Waals surface area (Å²) in [5.41, 5.74) is 6.95. The maximum atomic E-state index is 4.54. The van der Waals surface area contributed by atoms with E-state index in [9.17, 15) is 0 Å². The molecule has 5 nitrogen and oxygen atoms in total. The van der Waals surface area contributed by atoms with Gasteiger partial charge in [-0.15, -0.1) is 0 Å². The summed E-state index contributed by atoms with van der Waals surface area (Å²) in [6.45, 7) is 4.33. The molecule has 0 spiro atoms. The molecule has 120 valence electrons. The quantitative estimate of drug-likeness (QED) is 0.603. The van der Waals surface area contributed by atoms with Crippen LogP contribution in [-0.4, -0.2) is 24.9 Å². The van der Waals surface area contributed by atoms with Gasteiger partial charge >= 0.3 is 0 Å². The van der Waals surface area contributed by atoms with Crippen LogP contribution < -0.4 is 0 Å². The fourth-order valence-electron chi connectivity index (χ4n) is 3.28. The van der Waals surface area contributed by atoms with Gasteiger partial charge in [-0.2, -0.15) is 0 Å². The van der Waals surface area contributed by atoms with Gasteiger partial charge < -0.3 is 9.97 Å². The van der Waals surface area contributed by atoms with Crippen LogP contribution >= 0.6 is 0 Å². The van der Waals surface area contributed by atoms with Gasteiger partial charge in [0.05, 0.1) is 12.0 Å². The second-order valence-electron chi connectivity index (χ2n) is 6.11. The molecule has 5 heteroatoms. The lowest BCUT2D eigenvalue weighted by Crippen LogP contribution is -2.09. The highest BCUT2D eigenvalue weighted by atomic mass is 14.9. The van der Waals surface area contributed by atoms with Crippen LogP contribution in [0.2, 0.25) is 0 Å². The van der Waals surface area contributed by atoms with Crippen molar-refractivity contribution in [2.45, 2.75) is 26.2 Å². The predicted octanol–water partition coefficient (Wildman–Crippen LogP) is 3.67. The van der Waals surface area contributed by atoms with E-state index in [0.717, 1.165) is 28.8 Å². The summed E-state index contributed by atoms with van der Waals surface area (Å²) in [7, 11) is 0. The number of aromatic amines is 2. The molecule has 0 radical (unpaired) electrons. The molecular formula is C19H19N5. The number of benzene rings is 1. The SMILES string of the molecule is Cc1cccc(C(Cc2ncnc3[nH]ccc23)c2cnc[nH]2)c1C. The standard InChI is InChI=1S/C19H19N5/c1-12-4-3-5-14(13(12)2)16(18-9-20-10-22-18)8-17-15-6-7-21-19(15)24-11-23-17/h3-7,9-11,16H,8H2,1-2H3,(H,20,22)(H,21,23,24). The summed E-state index contributed by atoms with van der Waals surface area (Å²) in [5.74, 6) is 0.181. The number of hydrogen-bond donors (Lipinski definition) is 2. The third kappa shape index (κ3) is 2.48. The minimum Gasteiger partial charge on any atom is -0.348 e. The van der Waals surface area contributed by atoms with Gasteiger partial charge in [0.25, 0.3) is 0 Å². The molecule has 0 bridgehead atoms. The first-order valence-corrected chi connectivity index (χ1v) is 8.05. The van der Waals surface area contributed by atoms with E-state index in [1.54, 1.807) is 12.7 Å². The van der Waals surface area contributed by atoms with Crippen molar-refractivity contribution in [3.8, 4) is 0 Å². The predicted molar refractivity (Wildman–Crippen MR) is 93.9 cm³/mol. The van der Waals surface area contributed by atoms with E-state index in [4.69, 9.17) is 0 Å². The number of nitrogens with zero attached hydrogens (tertiary/aromatic N) is 3. The molecular weight excluding hydrogens is 298 g/mol. The summed E-state index contributed by atoms with van der Waals surface area (Å²) in [5, 5.41) is 1.08. The minimum absolute atomic E-state index is 0.181. The van der Waals surface area contributed by atoms with Crippen molar-refractivity contribution in [3.05, 3.63) is 77.4 Å². The normalized spacial score (nSPS) is 12.6. The van der Waals surface area contributed by atoms with E-state index in [0.29, 0.717) is 0 Å². The van der Waals surface area contributed by atoms with Crippen LogP contribution in [0, 0.1) is 13.8 Å². The number of hydrogen-bond acceptors (Lipinski definition) is 3. The van der Waals surface area contributed by atoms with Crippen LogP contribution in [0.15, 0.2) is 49.3 Å². The fourth-order valence-corrected chi connectivity index (χ4v) is 3.28. The van der Waals surface area contributed by atoms with Crippen molar-refractivity contribution in [1.82, 2.24) is 24.9 Å². The lowest BCUT2D eigenvalue weighted by molar-refractivity contribution is 0.758. The first-order chi connectivity index (χ1) is 11.7. The van der Waals surface area contributed by atoms with Crippen molar-refractivity contribution < 1.29 is 0 Å². The summed E-state index contributed by atoms with van der Waals surface area (Å²) in [6.07, 6.45) is 7.97. The lowest BCUT2D eigenvalue weighted by atomic mass is 9.86. The number of H-pyrrole nitrogens is 2. The Bertz CT molecular complexity index is 969. The third-order valence-electron chi connectivity index (χ3n) is 4.75.